The number of nitrogens with one attached hydrogen (secondary N) is 2. The molecule has 2 aromatic carbocycles. The predicted molar refractivity (Wildman–Crippen MR) is 109 cm³/mol. The maximum Gasteiger partial charge on any atom is 0.251 e. The number of hydrogen-bond acceptors (Lipinski definition) is 2. The first-order chi connectivity index (χ1) is 13.3. The minimum atomic E-state index is -0.0115. The number of rotatable bonds is 4. The molecule has 0 aromatic heterocycles. The summed E-state index contributed by atoms with van der Waals surface area (Å²) >= 11 is 0. The van der Waals surface area contributed by atoms with E-state index in [-0.39, 0.29) is 5.91 Å². The summed E-state index contributed by atoms with van der Waals surface area (Å²) in [6.45, 7) is 4.18. The number of hydrogen-bond donors (Lipinski definition) is 2. The maximum atomic E-state index is 12.4. The van der Waals surface area contributed by atoms with E-state index in [0.29, 0.717) is 24.4 Å². The Morgan fingerprint density at radius 1 is 1.15 bits per heavy atom. The Balaban J connectivity index is 1.54. The molecule has 3 heteroatoms. The second kappa shape index (κ2) is 6.56. The molecule has 3 aliphatic rings. The van der Waals surface area contributed by atoms with Gasteiger partial charge < -0.3 is 10.6 Å². The van der Waals surface area contributed by atoms with Crippen LogP contribution in [0.5, 0.6) is 0 Å². The van der Waals surface area contributed by atoms with Gasteiger partial charge in [-0.15, -0.1) is 6.58 Å². The van der Waals surface area contributed by atoms with Gasteiger partial charge in [-0.1, -0.05) is 36.4 Å². The molecule has 5 rings (SSSR count). The Kier molecular flexibility index (Phi) is 4.04. The predicted octanol–water partition coefficient (Wildman–Crippen LogP) is 4.90. The van der Waals surface area contributed by atoms with Crippen molar-refractivity contribution in [2.45, 2.75) is 31.2 Å². The van der Waals surface area contributed by atoms with Crippen LogP contribution in [-0.2, 0) is 0 Å². The van der Waals surface area contributed by atoms with E-state index in [4.69, 9.17) is 0 Å². The van der Waals surface area contributed by atoms with Crippen molar-refractivity contribution in [2.75, 3.05) is 11.9 Å². The van der Waals surface area contributed by atoms with Crippen LogP contribution in [0.15, 0.2) is 61.2 Å². The van der Waals surface area contributed by atoms with Crippen molar-refractivity contribution in [1.29, 1.82) is 0 Å². The molecule has 2 N–H and O–H groups in total. The lowest BCUT2D eigenvalue weighted by atomic mass is 9.68. The van der Waals surface area contributed by atoms with Gasteiger partial charge in [0.15, 0.2) is 0 Å². The minimum Gasteiger partial charge on any atom is -0.378 e. The number of benzene rings is 2. The van der Waals surface area contributed by atoms with Gasteiger partial charge in [0.1, 0.15) is 0 Å². The van der Waals surface area contributed by atoms with Gasteiger partial charge in [0, 0.05) is 17.8 Å². The molecule has 1 amide bonds. The first kappa shape index (κ1) is 16.6. The van der Waals surface area contributed by atoms with E-state index in [1.54, 1.807) is 6.08 Å². The van der Waals surface area contributed by atoms with Crippen LogP contribution in [0, 0.1) is 17.8 Å². The molecule has 2 aliphatic carbocycles. The standard InChI is InChI=1S/C24H26N2O/c1-2-12-25-24(27)18-10-11-20-19(14-18)21-16-8-9-17(13-16)22(21)23(26-20)15-6-4-3-5-7-15/h2-7,10-11,14,16-17,21-23,26H,1,8-9,12-13H2,(H,25,27)/t16-,17-,21-,22+,23+/m0/s1. The summed E-state index contributed by atoms with van der Waals surface area (Å²) in [7, 11) is 0. The van der Waals surface area contributed by atoms with E-state index >= 15 is 0 Å². The molecule has 2 bridgehead atoms. The molecule has 0 spiro atoms. The molecule has 2 saturated carbocycles. The van der Waals surface area contributed by atoms with Crippen molar-refractivity contribution in [3.8, 4) is 0 Å². The number of amides is 1. The zero-order chi connectivity index (χ0) is 18.4. The zero-order valence-corrected chi connectivity index (χ0v) is 15.5. The molecule has 138 valence electrons. The molecule has 1 heterocycles. The van der Waals surface area contributed by atoms with Crippen LogP contribution in [0.25, 0.3) is 0 Å². The van der Waals surface area contributed by atoms with Crippen molar-refractivity contribution < 1.29 is 4.79 Å². The van der Waals surface area contributed by atoms with Crippen molar-refractivity contribution in [3.05, 3.63) is 77.9 Å². The third-order valence-electron chi connectivity index (χ3n) is 6.92. The van der Waals surface area contributed by atoms with Gasteiger partial charge in [-0.2, -0.15) is 0 Å². The second-order valence-electron chi connectivity index (χ2n) is 8.27. The van der Waals surface area contributed by atoms with Crippen molar-refractivity contribution in [2.24, 2.45) is 17.8 Å². The van der Waals surface area contributed by atoms with Crippen LogP contribution in [-0.4, -0.2) is 12.5 Å². The van der Waals surface area contributed by atoms with Crippen LogP contribution in [0.3, 0.4) is 0 Å². The Hall–Kier alpha value is -2.55. The Morgan fingerprint density at radius 3 is 2.78 bits per heavy atom. The van der Waals surface area contributed by atoms with E-state index in [2.05, 4.69) is 59.7 Å². The molecule has 5 atom stereocenters. The van der Waals surface area contributed by atoms with Crippen molar-refractivity contribution in [1.82, 2.24) is 5.32 Å². The summed E-state index contributed by atoms with van der Waals surface area (Å²) in [5.41, 5.74) is 4.71. The Bertz CT molecular complexity index is 875. The molecule has 2 aromatic rings. The van der Waals surface area contributed by atoms with E-state index in [0.717, 1.165) is 17.4 Å². The second-order valence-corrected chi connectivity index (χ2v) is 8.27. The van der Waals surface area contributed by atoms with Crippen LogP contribution >= 0.6 is 0 Å². The summed E-state index contributed by atoms with van der Waals surface area (Å²) in [6, 6.07) is 17.4. The largest absolute Gasteiger partial charge is 0.378 e. The molecule has 0 radical (unpaired) electrons. The highest BCUT2D eigenvalue weighted by Gasteiger charge is 2.53. The Morgan fingerprint density at radius 2 is 1.96 bits per heavy atom. The van der Waals surface area contributed by atoms with E-state index in [1.165, 1.54) is 36.1 Å². The van der Waals surface area contributed by atoms with Gasteiger partial charge in [0.05, 0.1) is 6.04 Å². The van der Waals surface area contributed by atoms with E-state index in [1.807, 2.05) is 6.07 Å². The fraction of sp³-hybridized carbons (Fsp3) is 0.375. The van der Waals surface area contributed by atoms with Gasteiger partial charge in [0.25, 0.3) is 5.91 Å². The molecule has 0 saturated heterocycles. The number of carbonyl (C=O) groups is 1. The van der Waals surface area contributed by atoms with Crippen LogP contribution in [0.2, 0.25) is 0 Å². The first-order valence-corrected chi connectivity index (χ1v) is 10.1. The lowest BCUT2D eigenvalue weighted by Crippen LogP contribution is -2.35. The van der Waals surface area contributed by atoms with Gasteiger partial charge >= 0.3 is 0 Å². The summed E-state index contributed by atoms with van der Waals surface area (Å²) in [5.74, 6) is 2.74. The molecular weight excluding hydrogens is 332 g/mol. The van der Waals surface area contributed by atoms with Crippen molar-refractivity contribution in [3.63, 3.8) is 0 Å². The van der Waals surface area contributed by atoms with Crippen molar-refractivity contribution >= 4 is 11.6 Å². The number of carbonyl (C=O) groups excluding carboxylic acids is 1. The van der Waals surface area contributed by atoms with E-state index in [9.17, 15) is 4.79 Å². The number of anilines is 1. The lowest BCUT2D eigenvalue weighted by Gasteiger charge is -2.43. The van der Waals surface area contributed by atoms with Gasteiger partial charge in [-0.05, 0) is 72.3 Å². The zero-order valence-electron chi connectivity index (χ0n) is 15.5. The molecule has 0 unspecified atom stereocenters. The highest BCUT2D eigenvalue weighted by molar-refractivity contribution is 5.95. The topological polar surface area (TPSA) is 41.1 Å². The molecule has 2 fully saturated rings. The van der Waals surface area contributed by atoms with Gasteiger partial charge in [-0.25, -0.2) is 0 Å². The van der Waals surface area contributed by atoms with Gasteiger partial charge in [-0.3, -0.25) is 4.79 Å². The molecule has 27 heavy (non-hydrogen) atoms. The van der Waals surface area contributed by atoms with Crippen LogP contribution in [0.4, 0.5) is 5.69 Å². The average molecular weight is 358 g/mol. The molecule has 3 nitrogen and oxygen atoms in total. The smallest absolute Gasteiger partial charge is 0.251 e. The summed E-state index contributed by atoms with van der Waals surface area (Å²) in [6.07, 6.45) is 5.74. The SMILES string of the molecule is C=CCNC(=O)c1ccc2c(c1)[C@@H]1[C@H]3CC[C@@H](C3)[C@H]1[C@@H](c1ccccc1)N2. The quantitative estimate of drug-likeness (QED) is 0.763. The normalized spacial score (nSPS) is 30.1. The fourth-order valence-electron chi connectivity index (χ4n) is 5.88. The Labute approximate surface area is 160 Å². The summed E-state index contributed by atoms with van der Waals surface area (Å²) < 4.78 is 0. The number of fused-ring (bicyclic) bond motifs is 7. The lowest BCUT2D eigenvalue weighted by molar-refractivity contribution is 0.0957. The maximum absolute atomic E-state index is 12.4. The van der Waals surface area contributed by atoms with Crippen LogP contribution < -0.4 is 10.6 Å². The highest BCUT2D eigenvalue weighted by Crippen LogP contribution is 2.63. The van der Waals surface area contributed by atoms with Crippen LogP contribution in [0.1, 0.15) is 52.7 Å². The summed E-state index contributed by atoms with van der Waals surface area (Å²) in [4.78, 5) is 12.4. The summed E-state index contributed by atoms with van der Waals surface area (Å²) in [5, 5.41) is 6.74. The third kappa shape index (κ3) is 2.68. The highest BCUT2D eigenvalue weighted by atomic mass is 16.1. The average Bonchev–Trinajstić information content (AvgIpc) is 3.34. The monoisotopic (exact) mass is 358 g/mol. The molecular formula is C24H26N2O. The first-order valence-electron chi connectivity index (χ1n) is 10.1. The van der Waals surface area contributed by atoms with E-state index < -0.39 is 0 Å². The van der Waals surface area contributed by atoms with Gasteiger partial charge in [0.2, 0.25) is 0 Å². The fourth-order valence-corrected chi connectivity index (χ4v) is 5.88. The third-order valence-corrected chi connectivity index (χ3v) is 6.92. The molecule has 1 aliphatic heterocycles. The minimum absolute atomic E-state index is 0.0115.